The van der Waals surface area contributed by atoms with E-state index in [1.54, 1.807) is 20.8 Å². The first-order valence-electron chi connectivity index (χ1n) is 5.18. The average Bonchev–Trinajstić information content (AvgIpc) is 2.14. The van der Waals surface area contributed by atoms with E-state index < -0.39 is 17.8 Å². The predicted octanol–water partition coefficient (Wildman–Crippen LogP) is 0.597. The molecule has 0 spiro atoms. The van der Waals surface area contributed by atoms with E-state index in [1.165, 1.54) is 11.8 Å². The zero-order valence-corrected chi connectivity index (χ0v) is 10.8. The lowest BCUT2D eigenvalue weighted by Crippen LogP contribution is -2.33. The first-order valence-corrected chi connectivity index (χ1v) is 6.34. The number of alkyl carbamates (subject to hydrolysis) is 1. The van der Waals surface area contributed by atoms with Crippen LogP contribution in [-0.2, 0) is 4.74 Å². The van der Waals surface area contributed by atoms with Crippen LogP contribution in [0, 0.1) is 0 Å². The van der Waals surface area contributed by atoms with E-state index in [4.69, 9.17) is 14.9 Å². The van der Waals surface area contributed by atoms with Crippen molar-refractivity contribution in [2.24, 2.45) is 0 Å². The molecule has 0 saturated heterocycles. The summed E-state index contributed by atoms with van der Waals surface area (Å²) in [5.74, 6) is 1.14. The summed E-state index contributed by atoms with van der Waals surface area (Å²) in [6.07, 6.45) is -1.12. The van der Waals surface area contributed by atoms with Gasteiger partial charge in [0.1, 0.15) is 5.60 Å². The minimum atomic E-state index is -0.688. The monoisotopic (exact) mass is 251 g/mol. The molecule has 0 radical (unpaired) electrons. The Hall–Kier alpha value is -0.460. The SMILES string of the molecule is CC(C)(C)OC(=O)NCCSC[C@@H](O)CO. The van der Waals surface area contributed by atoms with E-state index in [-0.39, 0.29) is 6.61 Å². The molecule has 0 aromatic rings. The molecule has 3 N–H and O–H groups in total. The van der Waals surface area contributed by atoms with Gasteiger partial charge in [0.2, 0.25) is 0 Å². The average molecular weight is 251 g/mol. The van der Waals surface area contributed by atoms with E-state index >= 15 is 0 Å². The van der Waals surface area contributed by atoms with Gasteiger partial charge in [-0.25, -0.2) is 4.79 Å². The molecule has 0 aliphatic heterocycles. The van der Waals surface area contributed by atoms with Crippen molar-refractivity contribution < 1.29 is 19.7 Å². The van der Waals surface area contributed by atoms with Crippen LogP contribution >= 0.6 is 11.8 Å². The summed E-state index contributed by atoms with van der Waals surface area (Å²) in [6, 6.07) is 0. The molecule has 0 aromatic carbocycles. The fourth-order valence-corrected chi connectivity index (χ4v) is 1.60. The second-order valence-corrected chi connectivity index (χ2v) is 5.49. The smallest absolute Gasteiger partial charge is 0.407 e. The number of aliphatic hydroxyl groups excluding tert-OH is 2. The molecule has 0 heterocycles. The van der Waals surface area contributed by atoms with Crippen molar-refractivity contribution in [3.05, 3.63) is 0 Å². The molecule has 1 atom stereocenters. The van der Waals surface area contributed by atoms with Gasteiger partial charge in [0.25, 0.3) is 0 Å². The van der Waals surface area contributed by atoms with Crippen LogP contribution in [0.3, 0.4) is 0 Å². The standard InChI is InChI=1S/C10H21NO4S/c1-10(2,3)15-9(14)11-4-5-16-7-8(13)6-12/h8,12-13H,4-7H2,1-3H3,(H,11,14)/t8-/m0/s1. The zero-order chi connectivity index (χ0) is 12.6. The molecule has 6 heteroatoms. The first-order chi connectivity index (χ1) is 7.35. The minimum absolute atomic E-state index is 0.230. The maximum Gasteiger partial charge on any atom is 0.407 e. The quantitative estimate of drug-likeness (QED) is 0.602. The van der Waals surface area contributed by atoms with Crippen molar-refractivity contribution in [2.75, 3.05) is 24.7 Å². The topological polar surface area (TPSA) is 78.8 Å². The van der Waals surface area contributed by atoms with Gasteiger partial charge >= 0.3 is 6.09 Å². The summed E-state index contributed by atoms with van der Waals surface area (Å²) < 4.78 is 5.04. The molecule has 0 aliphatic rings. The van der Waals surface area contributed by atoms with Crippen molar-refractivity contribution in [1.29, 1.82) is 0 Å². The van der Waals surface area contributed by atoms with E-state index in [0.29, 0.717) is 18.1 Å². The Bertz CT molecular complexity index is 205. The summed E-state index contributed by atoms with van der Waals surface area (Å²) in [4.78, 5) is 11.2. The largest absolute Gasteiger partial charge is 0.444 e. The highest BCUT2D eigenvalue weighted by Crippen LogP contribution is 2.06. The number of aliphatic hydroxyl groups is 2. The van der Waals surface area contributed by atoms with Gasteiger partial charge in [0.05, 0.1) is 12.7 Å². The Morgan fingerprint density at radius 3 is 2.62 bits per heavy atom. The van der Waals surface area contributed by atoms with Crippen LogP contribution in [0.5, 0.6) is 0 Å². The number of rotatable bonds is 6. The summed E-state index contributed by atoms with van der Waals surface area (Å²) in [7, 11) is 0. The third-order valence-corrected chi connectivity index (χ3v) is 2.55. The summed E-state index contributed by atoms with van der Waals surface area (Å²) in [5, 5.41) is 20.2. The first kappa shape index (κ1) is 15.5. The number of carbonyl (C=O) groups is 1. The van der Waals surface area contributed by atoms with E-state index in [1.807, 2.05) is 0 Å². The molecular formula is C10H21NO4S. The third kappa shape index (κ3) is 10.1. The summed E-state index contributed by atoms with van der Waals surface area (Å²) >= 11 is 1.47. The number of amides is 1. The van der Waals surface area contributed by atoms with Crippen LogP contribution in [0.1, 0.15) is 20.8 Å². The molecule has 1 amide bonds. The molecule has 0 saturated carbocycles. The number of thioether (sulfide) groups is 1. The molecule has 0 fully saturated rings. The Morgan fingerprint density at radius 2 is 2.12 bits per heavy atom. The van der Waals surface area contributed by atoms with Crippen molar-refractivity contribution in [3.63, 3.8) is 0 Å². The highest BCUT2D eigenvalue weighted by molar-refractivity contribution is 7.99. The van der Waals surface area contributed by atoms with Gasteiger partial charge < -0.3 is 20.3 Å². The van der Waals surface area contributed by atoms with Crippen molar-refractivity contribution >= 4 is 17.9 Å². The van der Waals surface area contributed by atoms with Crippen LogP contribution in [0.2, 0.25) is 0 Å². The predicted molar refractivity (Wildman–Crippen MR) is 64.7 cm³/mol. The molecule has 0 aromatic heterocycles. The van der Waals surface area contributed by atoms with Crippen molar-refractivity contribution in [2.45, 2.75) is 32.5 Å². The van der Waals surface area contributed by atoms with E-state index in [9.17, 15) is 4.79 Å². The molecule has 0 aliphatic carbocycles. The number of hydrogen-bond acceptors (Lipinski definition) is 5. The number of hydrogen-bond donors (Lipinski definition) is 3. The summed E-state index contributed by atoms with van der Waals surface area (Å²) in [5.41, 5.74) is -0.482. The molecule has 5 nitrogen and oxygen atoms in total. The van der Waals surface area contributed by atoms with Crippen LogP contribution in [0.4, 0.5) is 4.79 Å². The maximum absolute atomic E-state index is 11.2. The molecule has 16 heavy (non-hydrogen) atoms. The second kappa shape index (κ2) is 7.76. The third-order valence-electron chi connectivity index (χ3n) is 1.44. The van der Waals surface area contributed by atoms with Gasteiger partial charge in [-0.1, -0.05) is 0 Å². The summed E-state index contributed by atoms with van der Waals surface area (Å²) in [6.45, 7) is 5.67. The van der Waals surface area contributed by atoms with Gasteiger partial charge in [-0.3, -0.25) is 0 Å². The zero-order valence-electron chi connectivity index (χ0n) is 10.0. The fraction of sp³-hybridized carbons (Fsp3) is 0.900. The van der Waals surface area contributed by atoms with Gasteiger partial charge in [-0.15, -0.1) is 0 Å². The fourth-order valence-electron chi connectivity index (χ4n) is 0.812. The van der Waals surface area contributed by atoms with Crippen molar-refractivity contribution in [1.82, 2.24) is 5.32 Å². The van der Waals surface area contributed by atoms with E-state index in [0.717, 1.165) is 0 Å². The van der Waals surface area contributed by atoms with Crippen LogP contribution in [-0.4, -0.2) is 52.7 Å². The van der Waals surface area contributed by atoms with Gasteiger partial charge in [0.15, 0.2) is 0 Å². The molecular weight excluding hydrogens is 230 g/mol. The van der Waals surface area contributed by atoms with Gasteiger partial charge in [0, 0.05) is 18.1 Å². The number of nitrogens with one attached hydrogen (secondary N) is 1. The number of ether oxygens (including phenoxy) is 1. The number of carbonyl (C=O) groups excluding carboxylic acids is 1. The lowest BCUT2D eigenvalue weighted by Gasteiger charge is -2.19. The highest BCUT2D eigenvalue weighted by atomic mass is 32.2. The molecule has 0 rings (SSSR count). The molecule has 0 unspecified atom stereocenters. The maximum atomic E-state index is 11.2. The molecule has 0 bridgehead atoms. The second-order valence-electron chi connectivity index (χ2n) is 4.34. The Balaban J connectivity index is 3.42. The normalized spacial score (nSPS) is 13.3. The Labute approximate surface area is 101 Å². The van der Waals surface area contributed by atoms with Gasteiger partial charge in [-0.2, -0.15) is 11.8 Å². The Morgan fingerprint density at radius 1 is 1.50 bits per heavy atom. The van der Waals surface area contributed by atoms with Crippen LogP contribution in [0.25, 0.3) is 0 Å². The van der Waals surface area contributed by atoms with E-state index in [2.05, 4.69) is 5.32 Å². The molecule has 96 valence electrons. The van der Waals surface area contributed by atoms with Gasteiger partial charge in [-0.05, 0) is 20.8 Å². The lowest BCUT2D eigenvalue weighted by molar-refractivity contribution is 0.0531. The highest BCUT2D eigenvalue weighted by Gasteiger charge is 2.15. The van der Waals surface area contributed by atoms with Crippen LogP contribution < -0.4 is 5.32 Å². The van der Waals surface area contributed by atoms with Crippen molar-refractivity contribution in [3.8, 4) is 0 Å². The minimum Gasteiger partial charge on any atom is -0.444 e. The lowest BCUT2D eigenvalue weighted by atomic mass is 10.2. The van der Waals surface area contributed by atoms with Crippen LogP contribution in [0.15, 0.2) is 0 Å². The Kier molecular flexibility index (Phi) is 7.53.